The van der Waals surface area contributed by atoms with E-state index < -0.39 is 24.1 Å². The van der Waals surface area contributed by atoms with E-state index in [-0.39, 0.29) is 11.7 Å². The molecular weight excluding hydrogens is 359 g/mol. The largest absolute Gasteiger partial charge is 0.470 e. The fraction of sp³-hybridized carbons (Fsp3) is 0.350. The van der Waals surface area contributed by atoms with Crippen molar-refractivity contribution in [3.05, 3.63) is 65.7 Å². The summed E-state index contributed by atoms with van der Waals surface area (Å²) < 4.78 is 44.5. The molecule has 0 heterocycles. The maximum atomic E-state index is 12.9. The van der Waals surface area contributed by atoms with Gasteiger partial charge in [0.1, 0.15) is 5.75 Å². The highest BCUT2D eigenvalue weighted by molar-refractivity contribution is 5.65. The van der Waals surface area contributed by atoms with Gasteiger partial charge in [0.05, 0.1) is 5.56 Å². The van der Waals surface area contributed by atoms with Crippen LogP contribution in [-0.4, -0.2) is 17.4 Å². The zero-order chi connectivity index (χ0) is 19.9. The smallest absolute Gasteiger partial charge is 0.416 e. The summed E-state index contributed by atoms with van der Waals surface area (Å²) in [7, 11) is 0. The third-order valence-electron chi connectivity index (χ3n) is 4.15. The second-order valence-corrected chi connectivity index (χ2v) is 6.17. The summed E-state index contributed by atoms with van der Waals surface area (Å²) in [5.74, 6) is -0.377. The number of carbonyl (C=O) groups is 1. The Morgan fingerprint density at radius 2 is 1.85 bits per heavy atom. The summed E-state index contributed by atoms with van der Waals surface area (Å²) in [5, 5.41) is 11.5. The Hall–Kier alpha value is -2.70. The Morgan fingerprint density at radius 1 is 1.15 bits per heavy atom. The van der Waals surface area contributed by atoms with Crippen LogP contribution in [0.2, 0.25) is 0 Å². The van der Waals surface area contributed by atoms with Crippen LogP contribution >= 0.6 is 0 Å². The second kappa shape index (κ2) is 9.30. The monoisotopic (exact) mass is 381 g/mol. The summed E-state index contributed by atoms with van der Waals surface area (Å²) in [6.07, 6.45) is -4.47. The minimum Gasteiger partial charge on any atom is -0.470 e. The van der Waals surface area contributed by atoms with Crippen molar-refractivity contribution in [1.82, 2.24) is 5.32 Å². The van der Waals surface area contributed by atoms with Gasteiger partial charge in [-0.25, -0.2) is 4.79 Å². The molecule has 2 N–H and O–H groups in total. The molecule has 7 heteroatoms. The SMILES string of the molecule is CCCCC(c1ccccc1)C(NC(=O)O)Oc1cccc(C(F)(F)F)c1. The number of amides is 1. The lowest BCUT2D eigenvalue weighted by molar-refractivity contribution is -0.137. The predicted molar refractivity (Wildman–Crippen MR) is 95.7 cm³/mol. The first-order valence-corrected chi connectivity index (χ1v) is 8.69. The molecular formula is C20H22F3NO3. The minimum absolute atomic E-state index is 0.0407. The van der Waals surface area contributed by atoms with Crippen LogP contribution in [0.1, 0.15) is 43.2 Å². The number of halogens is 3. The molecule has 0 aliphatic rings. The van der Waals surface area contributed by atoms with Crippen LogP contribution < -0.4 is 10.1 Å². The number of alkyl halides is 3. The Balaban J connectivity index is 2.33. The Labute approximate surface area is 156 Å². The predicted octanol–water partition coefficient (Wildman–Crippen LogP) is 5.65. The van der Waals surface area contributed by atoms with E-state index in [1.165, 1.54) is 12.1 Å². The molecule has 0 aromatic heterocycles. The zero-order valence-corrected chi connectivity index (χ0v) is 14.9. The number of rotatable bonds is 8. The zero-order valence-electron chi connectivity index (χ0n) is 14.9. The van der Waals surface area contributed by atoms with Crippen LogP contribution in [0.4, 0.5) is 18.0 Å². The van der Waals surface area contributed by atoms with Crippen molar-refractivity contribution >= 4 is 6.09 Å². The van der Waals surface area contributed by atoms with Crippen molar-refractivity contribution in [3.8, 4) is 5.75 Å². The van der Waals surface area contributed by atoms with Crippen molar-refractivity contribution in [2.75, 3.05) is 0 Å². The highest BCUT2D eigenvalue weighted by Crippen LogP contribution is 2.33. The molecule has 2 aromatic rings. The second-order valence-electron chi connectivity index (χ2n) is 6.17. The highest BCUT2D eigenvalue weighted by Gasteiger charge is 2.32. The molecule has 0 aliphatic carbocycles. The van der Waals surface area contributed by atoms with Gasteiger partial charge in [-0.05, 0) is 30.2 Å². The number of ether oxygens (including phenoxy) is 1. The van der Waals surface area contributed by atoms with Crippen LogP contribution in [0, 0.1) is 0 Å². The lowest BCUT2D eigenvalue weighted by Crippen LogP contribution is -2.43. The first kappa shape index (κ1) is 20.6. The summed E-state index contributed by atoms with van der Waals surface area (Å²) in [4.78, 5) is 11.3. The van der Waals surface area contributed by atoms with E-state index in [1.54, 1.807) is 0 Å². The van der Waals surface area contributed by atoms with Crippen LogP contribution in [0.3, 0.4) is 0 Å². The lowest BCUT2D eigenvalue weighted by atomic mass is 9.92. The van der Waals surface area contributed by atoms with Gasteiger partial charge >= 0.3 is 12.3 Å². The third-order valence-corrected chi connectivity index (χ3v) is 4.15. The molecule has 0 fully saturated rings. The molecule has 0 saturated heterocycles. The Kier molecular flexibility index (Phi) is 7.10. The molecule has 2 atom stereocenters. The van der Waals surface area contributed by atoms with Crippen LogP contribution in [0.15, 0.2) is 54.6 Å². The number of carboxylic acid groups (broad SMARTS) is 1. The van der Waals surface area contributed by atoms with E-state index in [0.717, 1.165) is 30.5 Å². The quantitative estimate of drug-likeness (QED) is 0.581. The molecule has 27 heavy (non-hydrogen) atoms. The summed E-state index contributed by atoms with van der Waals surface area (Å²) >= 11 is 0. The molecule has 0 radical (unpaired) electrons. The topological polar surface area (TPSA) is 58.6 Å². The van der Waals surface area contributed by atoms with Gasteiger partial charge in [-0.2, -0.15) is 13.2 Å². The third kappa shape index (κ3) is 6.20. The molecule has 2 aromatic carbocycles. The van der Waals surface area contributed by atoms with E-state index in [1.807, 2.05) is 37.3 Å². The first-order valence-electron chi connectivity index (χ1n) is 8.69. The van der Waals surface area contributed by atoms with Crippen LogP contribution in [0.25, 0.3) is 0 Å². The highest BCUT2D eigenvalue weighted by atomic mass is 19.4. The molecule has 2 rings (SSSR count). The summed E-state index contributed by atoms with van der Waals surface area (Å²) in [5.41, 5.74) is 0.00979. The van der Waals surface area contributed by atoms with Crippen molar-refractivity contribution in [2.45, 2.75) is 44.5 Å². The molecule has 1 amide bonds. The molecule has 0 spiro atoms. The average Bonchev–Trinajstić information content (AvgIpc) is 2.62. The molecule has 0 saturated carbocycles. The standard InChI is InChI=1S/C20H22F3NO3/c1-2-3-12-17(14-8-5-4-6-9-14)18(24-19(25)26)27-16-11-7-10-15(13-16)20(21,22)23/h4-11,13,17-18,24H,2-3,12H2,1H3,(H,25,26). The van der Waals surface area contributed by atoms with E-state index >= 15 is 0 Å². The van der Waals surface area contributed by atoms with E-state index in [4.69, 9.17) is 4.74 Å². The van der Waals surface area contributed by atoms with Gasteiger partial charge in [0.15, 0.2) is 6.23 Å². The van der Waals surface area contributed by atoms with Gasteiger partial charge in [-0.3, -0.25) is 5.32 Å². The fourth-order valence-electron chi connectivity index (χ4n) is 2.84. The van der Waals surface area contributed by atoms with Crippen molar-refractivity contribution in [3.63, 3.8) is 0 Å². The van der Waals surface area contributed by atoms with Crippen molar-refractivity contribution in [2.24, 2.45) is 0 Å². The van der Waals surface area contributed by atoms with Crippen molar-refractivity contribution < 1.29 is 27.8 Å². The summed E-state index contributed by atoms with van der Waals surface area (Å²) in [6, 6.07) is 13.6. The Bertz CT molecular complexity index is 735. The lowest BCUT2D eigenvalue weighted by Gasteiger charge is -2.28. The number of unbranched alkanes of at least 4 members (excludes halogenated alkanes) is 1. The van der Waals surface area contributed by atoms with Crippen LogP contribution in [0.5, 0.6) is 5.75 Å². The normalized spacial score (nSPS) is 13.6. The first-order chi connectivity index (χ1) is 12.8. The van der Waals surface area contributed by atoms with Crippen molar-refractivity contribution in [1.29, 1.82) is 0 Å². The number of hydrogen-bond acceptors (Lipinski definition) is 2. The van der Waals surface area contributed by atoms with Gasteiger partial charge in [0, 0.05) is 5.92 Å². The average molecular weight is 381 g/mol. The maximum Gasteiger partial charge on any atom is 0.416 e. The minimum atomic E-state index is -4.50. The van der Waals surface area contributed by atoms with Gasteiger partial charge in [-0.15, -0.1) is 0 Å². The molecule has 4 nitrogen and oxygen atoms in total. The Morgan fingerprint density at radius 3 is 2.44 bits per heavy atom. The van der Waals surface area contributed by atoms with Gasteiger partial charge in [0.2, 0.25) is 0 Å². The summed E-state index contributed by atoms with van der Waals surface area (Å²) in [6.45, 7) is 2.01. The molecule has 0 bridgehead atoms. The molecule has 0 aliphatic heterocycles. The van der Waals surface area contributed by atoms with Crippen LogP contribution in [-0.2, 0) is 6.18 Å². The number of hydrogen-bond donors (Lipinski definition) is 2. The fourth-order valence-corrected chi connectivity index (χ4v) is 2.84. The van der Waals surface area contributed by atoms with Gasteiger partial charge < -0.3 is 9.84 Å². The van der Waals surface area contributed by atoms with Gasteiger partial charge in [-0.1, -0.05) is 56.2 Å². The van der Waals surface area contributed by atoms with E-state index in [9.17, 15) is 23.1 Å². The molecule has 2 unspecified atom stereocenters. The van der Waals surface area contributed by atoms with E-state index in [0.29, 0.717) is 6.42 Å². The van der Waals surface area contributed by atoms with E-state index in [2.05, 4.69) is 5.32 Å². The maximum absolute atomic E-state index is 12.9. The molecule has 146 valence electrons. The number of nitrogens with one attached hydrogen (secondary N) is 1. The van der Waals surface area contributed by atoms with Gasteiger partial charge in [0.25, 0.3) is 0 Å². The number of benzene rings is 2.